The van der Waals surface area contributed by atoms with Gasteiger partial charge in [0.2, 0.25) is 0 Å². The number of anilines is 1. The zero-order valence-corrected chi connectivity index (χ0v) is 17.8. The molecule has 0 atom stereocenters. The van der Waals surface area contributed by atoms with E-state index in [1.54, 1.807) is 34.9 Å². The highest BCUT2D eigenvalue weighted by Crippen LogP contribution is 2.32. The predicted octanol–water partition coefficient (Wildman–Crippen LogP) is 3.62. The van der Waals surface area contributed by atoms with Crippen molar-refractivity contribution < 1.29 is 13.5 Å². The maximum atomic E-state index is 13.4. The second-order valence-electron chi connectivity index (χ2n) is 7.92. The summed E-state index contributed by atoms with van der Waals surface area (Å²) in [7, 11) is -4.01. The maximum absolute atomic E-state index is 13.4. The van der Waals surface area contributed by atoms with Crippen LogP contribution in [0.1, 0.15) is 31.4 Å². The first kappa shape index (κ1) is 20.2. The molecular formula is C22H23N3O4S. The van der Waals surface area contributed by atoms with Crippen LogP contribution in [-0.2, 0) is 16.6 Å². The molecule has 7 nitrogen and oxygen atoms in total. The summed E-state index contributed by atoms with van der Waals surface area (Å²) in [5, 5.41) is 14.4. The summed E-state index contributed by atoms with van der Waals surface area (Å²) in [4.78, 5) is 13.4. The largest absolute Gasteiger partial charge is 0.506 e. The number of rotatable bonds is 4. The molecular weight excluding hydrogens is 402 g/mol. The Kier molecular flexibility index (Phi) is 4.89. The van der Waals surface area contributed by atoms with Crippen LogP contribution in [0.3, 0.4) is 0 Å². The van der Waals surface area contributed by atoms with Crippen molar-refractivity contribution in [3.8, 4) is 5.75 Å². The van der Waals surface area contributed by atoms with E-state index in [4.69, 9.17) is 0 Å². The fourth-order valence-corrected chi connectivity index (χ4v) is 4.72. The molecule has 0 bridgehead atoms. The summed E-state index contributed by atoms with van der Waals surface area (Å²) in [5.74, 6) is -0.0784. The fraction of sp³-hybridized carbons (Fsp3) is 0.273. The highest BCUT2D eigenvalue weighted by atomic mass is 32.2. The Morgan fingerprint density at radius 3 is 2.63 bits per heavy atom. The average molecular weight is 426 g/mol. The van der Waals surface area contributed by atoms with Crippen molar-refractivity contribution in [3.05, 3.63) is 63.9 Å². The predicted molar refractivity (Wildman–Crippen MR) is 118 cm³/mol. The van der Waals surface area contributed by atoms with Crippen LogP contribution in [0.2, 0.25) is 0 Å². The number of amidine groups is 1. The zero-order valence-electron chi connectivity index (χ0n) is 17.0. The topological polar surface area (TPSA) is 101 Å². The van der Waals surface area contributed by atoms with E-state index in [0.717, 1.165) is 12.0 Å². The Morgan fingerprint density at radius 1 is 1.17 bits per heavy atom. The van der Waals surface area contributed by atoms with Gasteiger partial charge in [-0.3, -0.25) is 4.79 Å². The van der Waals surface area contributed by atoms with Gasteiger partial charge in [0.25, 0.3) is 15.6 Å². The average Bonchev–Trinajstić information content (AvgIpc) is 2.67. The lowest BCUT2D eigenvalue weighted by Gasteiger charge is -2.21. The molecule has 8 heteroatoms. The Bertz CT molecular complexity index is 1350. The zero-order chi connectivity index (χ0) is 21.6. The molecule has 3 aromatic rings. The van der Waals surface area contributed by atoms with Gasteiger partial charge in [-0.05, 0) is 43.5 Å². The number of hydrogen-bond acceptors (Lipinski definition) is 5. The minimum absolute atomic E-state index is 0.0324. The molecule has 0 fully saturated rings. The van der Waals surface area contributed by atoms with Crippen molar-refractivity contribution in [2.75, 3.05) is 5.32 Å². The third-order valence-corrected chi connectivity index (χ3v) is 6.52. The molecule has 156 valence electrons. The van der Waals surface area contributed by atoms with Gasteiger partial charge in [0, 0.05) is 11.9 Å². The molecule has 4 rings (SSSR count). The van der Waals surface area contributed by atoms with Crippen molar-refractivity contribution in [2.45, 2.75) is 38.6 Å². The normalized spacial score (nSPS) is 15.0. The van der Waals surface area contributed by atoms with E-state index in [1.165, 1.54) is 6.07 Å². The number of aryl methyl sites for hydroxylation is 2. The van der Waals surface area contributed by atoms with Crippen molar-refractivity contribution in [1.29, 1.82) is 0 Å². The molecule has 2 N–H and O–H groups in total. The summed E-state index contributed by atoms with van der Waals surface area (Å²) in [5.41, 5.74) is 1.21. The van der Waals surface area contributed by atoms with Crippen LogP contribution >= 0.6 is 0 Å². The lowest BCUT2D eigenvalue weighted by Crippen LogP contribution is -2.33. The number of aromatic hydroxyl groups is 1. The van der Waals surface area contributed by atoms with Gasteiger partial charge in [0.05, 0.1) is 11.2 Å². The van der Waals surface area contributed by atoms with Crippen LogP contribution in [0, 0.1) is 12.8 Å². The highest BCUT2D eigenvalue weighted by molar-refractivity contribution is 7.90. The van der Waals surface area contributed by atoms with Gasteiger partial charge >= 0.3 is 0 Å². The maximum Gasteiger partial charge on any atom is 0.286 e. The van der Waals surface area contributed by atoms with Gasteiger partial charge in [0.15, 0.2) is 5.84 Å². The van der Waals surface area contributed by atoms with Crippen LogP contribution < -0.4 is 10.9 Å². The molecule has 0 saturated carbocycles. The van der Waals surface area contributed by atoms with Crippen LogP contribution in [-0.4, -0.2) is 23.9 Å². The van der Waals surface area contributed by atoms with Crippen LogP contribution in [0.4, 0.5) is 5.69 Å². The SMILES string of the molecule is Cc1ccc2c(c1)c(O)c(C1=NS(=O)(=O)c3ccccc3N1)c(=O)n2CCC(C)C. The standard InChI is InChI=1S/C22H23N3O4S/c1-13(2)10-11-25-17-9-8-14(3)12-15(17)20(26)19(22(25)27)21-23-16-6-4-5-7-18(16)30(28,29)24-21/h4-9,12-13,26H,10-11H2,1-3H3,(H,23,24). The van der Waals surface area contributed by atoms with Crippen LogP contribution in [0.5, 0.6) is 5.75 Å². The molecule has 0 aliphatic carbocycles. The number of para-hydroxylation sites is 1. The van der Waals surface area contributed by atoms with Crippen molar-refractivity contribution in [2.24, 2.45) is 10.3 Å². The lowest BCUT2D eigenvalue weighted by atomic mass is 10.1. The van der Waals surface area contributed by atoms with Crippen molar-refractivity contribution in [3.63, 3.8) is 0 Å². The van der Waals surface area contributed by atoms with Crippen molar-refractivity contribution in [1.82, 2.24) is 4.57 Å². The Hall–Kier alpha value is -3.13. The van der Waals surface area contributed by atoms with Crippen LogP contribution in [0.25, 0.3) is 10.9 Å². The number of nitrogens with one attached hydrogen (secondary N) is 1. The third kappa shape index (κ3) is 3.37. The number of benzene rings is 2. The van der Waals surface area contributed by atoms with Gasteiger partial charge in [-0.1, -0.05) is 37.6 Å². The minimum Gasteiger partial charge on any atom is -0.506 e. The Balaban J connectivity index is 2.00. The number of fused-ring (bicyclic) bond motifs is 2. The van der Waals surface area contributed by atoms with Crippen molar-refractivity contribution >= 4 is 32.4 Å². The van der Waals surface area contributed by atoms with E-state index >= 15 is 0 Å². The number of aromatic nitrogens is 1. The first-order chi connectivity index (χ1) is 14.2. The summed E-state index contributed by atoms with van der Waals surface area (Å²) in [6.45, 7) is 6.46. The molecule has 2 heterocycles. The third-order valence-electron chi connectivity index (χ3n) is 5.19. The summed E-state index contributed by atoms with van der Waals surface area (Å²) in [6.07, 6.45) is 0.758. The minimum atomic E-state index is -4.01. The quantitative estimate of drug-likeness (QED) is 0.665. The second-order valence-corrected chi connectivity index (χ2v) is 9.49. The number of nitrogens with zero attached hydrogens (tertiary/aromatic N) is 2. The van der Waals surface area contributed by atoms with Gasteiger partial charge in [0.1, 0.15) is 16.2 Å². The molecule has 1 aliphatic heterocycles. The number of sulfonamides is 1. The molecule has 2 aromatic carbocycles. The van der Waals surface area contributed by atoms with E-state index in [1.807, 2.05) is 13.0 Å². The smallest absolute Gasteiger partial charge is 0.286 e. The Morgan fingerprint density at radius 2 is 1.90 bits per heavy atom. The molecule has 0 amide bonds. The summed E-state index contributed by atoms with van der Waals surface area (Å²) < 4.78 is 30.8. The monoisotopic (exact) mass is 425 g/mol. The van der Waals surface area contributed by atoms with Gasteiger partial charge in [-0.2, -0.15) is 8.42 Å². The molecule has 0 saturated heterocycles. The van der Waals surface area contributed by atoms with Gasteiger partial charge in [-0.15, -0.1) is 4.40 Å². The van der Waals surface area contributed by atoms with E-state index < -0.39 is 15.6 Å². The van der Waals surface area contributed by atoms with E-state index in [-0.39, 0.29) is 22.0 Å². The second kappa shape index (κ2) is 7.28. The molecule has 0 spiro atoms. The number of pyridine rings is 1. The molecule has 1 aliphatic rings. The van der Waals surface area contributed by atoms with E-state index in [2.05, 4.69) is 23.6 Å². The van der Waals surface area contributed by atoms with Gasteiger partial charge < -0.3 is 15.0 Å². The lowest BCUT2D eigenvalue weighted by molar-refractivity contribution is 0.474. The molecule has 0 radical (unpaired) electrons. The molecule has 30 heavy (non-hydrogen) atoms. The molecule has 1 aromatic heterocycles. The van der Waals surface area contributed by atoms with E-state index in [9.17, 15) is 18.3 Å². The van der Waals surface area contributed by atoms with Crippen LogP contribution in [0.15, 0.2) is 56.6 Å². The fourth-order valence-electron chi connectivity index (χ4n) is 3.60. The number of hydrogen-bond donors (Lipinski definition) is 2. The molecule has 0 unspecified atom stereocenters. The van der Waals surface area contributed by atoms with Gasteiger partial charge in [-0.25, -0.2) is 0 Å². The van der Waals surface area contributed by atoms with E-state index in [0.29, 0.717) is 29.1 Å². The first-order valence-electron chi connectivity index (χ1n) is 9.76. The highest BCUT2D eigenvalue weighted by Gasteiger charge is 2.29. The summed E-state index contributed by atoms with van der Waals surface area (Å²) >= 11 is 0. The Labute approximate surface area is 174 Å². The first-order valence-corrected chi connectivity index (χ1v) is 11.2. The summed E-state index contributed by atoms with van der Waals surface area (Å²) in [6, 6.07) is 11.8.